The van der Waals surface area contributed by atoms with E-state index in [4.69, 9.17) is 23.2 Å². The SMILES string of the molecule is CC[C@H](C(=O)NC)N(Cc1ccc(C)cc1)C(=O)CN(c1ccc(Cl)cc1Cl)S(C)(=O)=O. The number of sulfonamides is 1. The van der Waals surface area contributed by atoms with Gasteiger partial charge in [0, 0.05) is 18.6 Å². The molecule has 0 aliphatic rings. The van der Waals surface area contributed by atoms with Crippen LogP contribution in [0.4, 0.5) is 5.69 Å². The molecule has 0 spiro atoms. The molecule has 32 heavy (non-hydrogen) atoms. The van der Waals surface area contributed by atoms with Crippen LogP contribution >= 0.6 is 23.2 Å². The highest BCUT2D eigenvalue weighted by Gasteiger charge is 2.31. The zero-order valence-electron chi connectivity index (χ0n) is 18.4. The molecule has 0 bridgehead atoms. The number of nitrogens with zero attached hydrogens (tertiary/aromatic N) is 2. The molecule has 2 rings (SSSR count). The maximum Gasteiger partial charge on any atom is 0.244 e. The fraction of sp³-hybridized carbons (Fsp3) is 0.364. The number of rotatable bonds is 9. The van der Waals surface area contributed by atoms with Crippen molar-refractivity contribution < 1.29 is 18.0 Å². The molecular formula is C22H27Cl2N3O4S. The number of carbonyl (C=O) groups is 2. The summed E-state index contributed by atoms with van der Waals surface area (Å²) in [6.07, 6.45) is 1.35. The van der Waals surface area contributed by atoms with Crippen molar-refractivity contribution >= 4 is 50.7 Å². The number of likely N-dealkylation sites (N-methyl/N-ethyl adjacent to an activating group) is 1. The van der Waals surface area contributed by atoms with E-state index in [2.05, 4.69) is 5.32 Å². The number of hydrogen-bond donors (Lipinski definition) is 1. The first-order valence-electron chi connectivity index (χ1n) is 9.97. The topological polar surface area (TPSA) is 86.8 Å². The second-order valence-corrected chi connectivity index (χ2v) is 10.2. The summed E-state index contributed by atoms with van der Waals surface area (Å²) in [6.45, 7) is 3.38. The highest BCUT2D eigenvalue weighted by Crippen LogP contribution is 2.30. The molecule has 0 unspecified atom stereocenters. The first-order chi connectivity index (χ1) is 15.0. The zero-order chi connectivity index (χ0) is 24.1. The Bertz CT molecular complexity index is 1080. The van der Waals surface area contributed by atoms with Crippen LogP contribution in [0.1, 0.15) is 24.5 Å². The van der Waals surface area contributed by atoms with E-state index in [1.165, 1.54) is 30.1 Å². The van der Waals surface area contributed by atoms with Crippen molar-refractivity contribution in [3.63, 3.8) is 0 Å². The van der Waals surface area contributed by atoms with Crippen molar-refractivity contribution in [1.29, 1.82) is 0 Å². The molecule has 1 N–H and O–H groups in total. The lowest BCUT2D eigenvalue weighted by atomic mass is 10.1. The quantitative estimate of drug-likeness (QED) is 0.570. The van der Waals surface area contributed by atoms with Crippen LogP contribution < -0.4 is 9.62 Å². The minimum absolute atomic E-state index is 0.0964. The van der Waals surface area contributed by atoms with E-state index in [1.807, 2.05) is 31.2 Å². The van der Waals surface area contributed by atoms with Gasteiger partial charge in [-0.05, 0) is 37.1 Å². The first kappa shape index (κ1) is 26.0. The standard InChI is InChI=1S/C22H27Cl2N3O4S/c1-5-19(22(29)25-3)26(13-16-8-6-15(2)7-9-16)21(28)14-27(32(4,30)31)20-11-10-17(23)12-18(20)24/h6-12,19H,5,13-14H2,1-4H3,(H,25,29)/t19-/m1/s1. The van der Waals surface area contributed by atoms with Gasteiger partial charge in [0.1, 0.15) is 12.6 Å². The summed E-state index contributed by atoms with van der Waals surface area (Å²) >= 11 is 12.2. The highest BCUT2D eigenvalue weighted by atomic mass is 35.5. The molecule has 0 saturated carbocycles. The minimum atomic E-state index is -3.86. The predicted octanol–water partition coefficient (Wildman–Crippen LogP) is 3.62. The molecule has 0 fully saturated rings. The van der Waals surface area contributed by atoms with Gasteiger partial charge in [0.2, 0.25) is 21.8 Å². The Morgan fingerprint density at radius 2 is 1.72 bits per heavy atom. The number of anilines is 1. The van der Waals surface area contributed by atoms with Crippen molar-refractivity contribution in [3.8, 4) is 0 Å². The van der Waals surface area contributed by atoms with Crippen LogP contribution in [0.25, 0.3) is 0 Å². The van der Waals surface area contributed by atoms with Gasteiger partial charge in [0.05, 0.1) is 17.0 Å². The van der Waals surface area contributed by atoms with Gasteiger partial charge in [-0.25, -0.2) is 8.42 Å². The van der Waals surface area contributed by atoms with Gasteiger partial charge in [0.15, 0.2) is 0 Å². The van der Waals surface area contributed by atoms with Crippen LogP contribution in [0, 0.1) is 6.92 Å². The predicted molar refractivity (Wildman–Crippen MR) is 129 cm³/mol. The Morgan fingerprint density at radius 3 is 2.22 bits per heavy atom. The summed E-state index contributed by atoms with van der Waals surface area (Å²) in [5, 5.41) is 3.01. The third-order valence-corrected chi connectivity index (χ3v) is 6.63. The maximum atomic E-state index is 13.4. The molecule has 0 aromatic heterocycles. The average molecular weight is 500 g/mol. The van der Waals surface area contributed by atoms with E-state index in [0.717, 1.165) is 21.7 Å². The van der Waals surface area contributed by atoms with E-state index in [-0.39, 0.29) is 23.2 Å². The average Bonchev–Trinajstić information content (AvgIpc) is 2.72. The number of halogens is 2. The number of nitrogens with one attached hydrogen (secondary N) is 1. The summed E-state index contributed by atoms with van der Waals surface area (Å²) in [5.41, 5.74) is 2.02. The Kier molecular flexibility index (Phi) is 8.95. The lowest BCUT2D eigenvalue weighted by Gasteiger charge is -2.32. The minimum Gasteiger partial charge on any atom is -0.357 e. The third kappa shape index (κ3) is 6.60. The van der Waals surface area contributed by atoms with Crippen LogP contribution in [0.15, 0.2) is 42.5 Å². The van der Waals surface area contributed by atoms with Crippen LogP contribution in [0.3, 0.4) is 0 Å². The molecule has 2 aromatic carbocycles. The van der Waals surface area contributed by atoms with Gasteiger partial charge in [-0.15, -0.1) is 0 Å². The Morgan fingerprint density at radius 1 is 1.09 bits per heavy atom. The zero-order valence-corrected chi connectivity index (χ0v) is 20.8. The fourth-order valence-electron chi connectivity index (χ4n) is 3.25. The second-order valence-electron chi connectivity index (χ2n) is 7.41. The van der Waals surface area contributed by atoms with E-state index in [1.54, 1.807) is 6.92 Å². The van der Waals surface area contributed by atoms with Crippen molar-refractivity contribution in [2.24, 2.45) is 0 Å². The van der Waals surface area contributed by atoms with Crippen LogP contribution in [-0.4, -0.2) is 51.0 Å². The van der Waals surface area contributed by atoms with Crippen molar-refractivity contribution in [2.75, 3.05) is 24.2 Å². The largest absolute Gasteiger partial charge is 0.357 e. The Hall–Kier alpha value is -2.29. The van der Waals surface area contributed by atoms with Crippen LogP contribution in [0.2, 0.25) is 10.0 Å². The molecule has 7 nitrogen and oxygen atoms in total. The van der Waals surface area contributed by atoms with Gasteiger partial charge < -0.3 is 10.2 Å². The number of carbonyl (C=O) groups excluding carboxylic acids is 2. The molecule has 0 heterocycles. The number of aryl methyl sites for hydroxylation is 1. The fourth-order valence-corrected chi connectivity index (χ4v) is 4.68. The molecule has 1 atom stereocenters. The molecule has 2 aromatic rings. The van der Waals surface area contributed by atoms with E-state index in [0.29, 0.717) is 11.4 Å². The van der Waals surface area contributed by atoms with E-state index < -0.39 is 28.5 Å². The second kappa shape index (κ2) is 11.0. The van der Waals surface area contributed by atoms with Gasteiger partial charge in [-0.2, -0.15) is 0 Å². The van der Waals surface area contributed by atoms with Crippen molar-refractivity contribution in [1.82, 2.24) is 10.2 Å². The molecule has 0 aliphatic carbocycles. The summed E-state index contributed by atoms with van der Waals surface area (Å²) in [6, 6.07) is 11.1. The molecule has 0 aliphatic heterocycles. The summed E-state index contributed by atoms with van der Waals surface area (Å²) in [4.78, 5) is 27.3. The summed E-state index contributed by atoms with van der Waals surface area (Å²) < 4.78 is 26.0. The van der Waals surface area contributed by atoms with Gasteiger partial charge in [-0.3, -0.25) is 13.9 Å². The molecule has 0 radical (unpaired) electrons. The van der Waals surface area contributed by atoms with Gasteiger partial charge >= 0.3 is 0 Å². The van der Waals surface area contributed by atoms with Crippen LogP contribution in [-0.2, 0) is 26.2 Å². The van der Waals surface area contributed by atoms with Gasteiger partial charge in [0.25, 0.3) is 0 Å². The van der Waals surface area contributed by atoms with E-state index in [9.17, 15) is 18.0 Å². The molecule has 2 amide bonds. The van der Waals surface area contributed by atoms with Crippen molar-refractivity contribution in [3.05, 3.63) is 63.6 Å². The van der Waals surface area contributed by atoms with Crippen LogP contribution in [0.5, 0.6) is 0 Å². The normalized spacial score (nSPS) is 12.2. The lowest BCUT2D eigenvalue weighted by molar-refractivity contribution is -0.140. The van der Waals surface area contributed by atoms with Crippen molar-refractivity contribution in [2.45, 2.75) is 32.9 Å². The van der Waals surface area contributed by atoms with E-state index >= 15 is 0 Å². The Labute approximate surface area is 199 Å². The first-order valence-corrected chi connectivity index (χ1v) is 12.6. The number of amides is 2. The molecule has 174 valence electrons. The number of hydrogen-bond acceptors (Lipinski definition) is 4. The maximum absolute atomic E-state index is 13.4. The third-order valence-electron chi connectivity index (χ3n) is 4.96. The number of benzene rings is 2. The van der Waals surface area contributed by atoms with Gasteiger partial charge in [-0.1, -0.05) is 60.0 Å². The summed E-state index contributed by atoms with van der Waals surface area (Å²) in [7, 11) is -2.37. The summed E-state index contributed by atoms with van der Waals surface area (Å²) in [5.74, 6) is -0.860. The Balaban J connectivity index is 2.45. The lowest BCUT2D eigenvalue weighted by Crippen LogP contribution is -2.51. The smallest absolute Gasteiger partial charge is 0.244 e. The monoisotopic (exact) mass is 499 g/mol. The highest BCUT2D eigenvalue weighted by molar-refractivity contribution is 7.92. The molecular weight excluding hydrogens is 473 g/mol. The molecule has 0 saturated heterocycles. The molecule has 10 heteroatoms.